The van der Waals surface area contributed by atoms with Crippen molar-refractivity contribution < 1.29 is 4.79 Å². The van der Waals surface area contributed by atoms with E-state index in [1.54, 1.807) is 18.4 Å². The van der Waals surface area contributed by atoms with Gasteiger partial charge in [-0.2, -0.15) is 5.26 Å². The Labute approximate surface area is 110 Å². The number of nitrogens with one attached hydrogen (secondary N) is 1. The van der Waals surface area contributed by atoms with Gasteiger partial charge < -0.3 is 5.32 Å². The fourth-order valence-electron chi connectivity index (χ4n) is 1.13. The van der Waals surface area contributed by atoms with Crippen molar-refractivity contribution in [3.05, 3.63) is 39.6 Å². The maximum absolute atomic E-state index is 11.8. The van der Waals surface area contributed by atoms with Crippen LogP contribution in [0.2, 0.25) is 0 Å². The van der Waals surface area contributed by atoms with Crippen LogP contribution in [0, 0.1) is 18.3 Å². The number of nitriles is 1. The van der Waals surface area contributed by atoms with Crippen LogP contribution >= 0.6 is 24.4 Å². The third-order valence-electron chi connectivity index (χ3n) is 2.06. The second-order valence-electron chi connectivity index (χ2n) is 3.32. The second kappa shape index (κ2) is 6.38. The zero-order valence-electron chi connectivity index (χ0n) is 9.52. The molecule has 0 fully saturated rings. The lowest BCUT2D eigenvalue weighted by molar-refractivity contribution is -0.112. The first-order valence-corrected chi connectivity index (χ1v) is 6.51. The van der Waals surface area contributed by atoms with Crippen LogP contribution < -0.4 is 5.32 Å². The van der Waals surface area contributed by atoms with Crippen molar-refractivity contribution in [2.75, 3.05) is 11.6 Å². The maximum Gasteiger partial charge on any atom is 0.268 e. The van der Waals surface area contributed by atoms with Crippen molar-refractivity contribution in [1.29, 1.82) is 5.26 Å². The van der Waals surface area contributed by atoms with Crippen LogP contribution in [0.5, 0.6) is 0 Å². The summed E-state index contributed by atoms with van der Waals surface area (Å²) < 4.78 is 0.414. The summed E-state index contributed by atoms with van der Waals surface area (Å²) in [5.41, 5.74) is 1.80. The standard InChI is InChI=1S/C12H12N2OS2/c1-8-3-5-9(6-4-8)14-11(15)10(7-13)12(16)17-2/h3-6,16H,1-2H3,(H,14,15)/b12-10+. The van der Waals surface area contributed by atoms with Gasteiger partial charge in [-0.15, -0.1) is 24.4 Å². The van der Waals surface area contributed by atoms with Gasteiger partial charge in [-0.3, -0.25) is 4.79 Å². The van der Waals surface area contributed by atoms with E-state index in [1.807, 2.05) is 25.1 Å². The van der Waals surface area contributed by atoms with Crippen molar-refractivity contribution in [3.8, 4) is 6.07 Å². The molecule has 1 N–H and O–H groups in total. The summed E-state index contributed by atoms with van der Waals surface area (Å²) in [6.45, 7) is 1.96. The topological polar surface area (TPSA) is 52.9 Å². The Kier molecular flexibility index (Phi) is 5.13. The van der Waals surface area contributed by atoms with E-state index < -0.39 is 5.91 Å². The molecule has 1 aromatic carbocycles. The number of rotatable bonds is 3. The van der Waals surface area contributed by atoms with Gasteiger partial charge in [-0.05, 0) is 25.3 Å². The monoisotopic (exact) mass is 264 g/mol. The lowest BCUT2D eigenvalue weighted by atomic mass is 10.2. The number of anilines is 1. The highest BCUT2D eigenvalue weighted by Gasteiger charge is 2.12. The van der Waals surface area contributed by atoms with Gasteiger partial charge in [0.1, 0.15) is 11.6 Å². The highest BCUT2D eigenvalue weighted by Crippen LogP contribution is 2.21. The SMILES string of the molecule is CS/C(S)=C(\C#N)C(=O)Nc1ccc(C)cc1. The molecule has 0 heterocycles. The fourth-order valence-corrected chi connectivity index (χ4v) is 1.62. The first kappa shape index (κ1) is 13.7. The van der Waals surface area contributed by atoms with Crippen LogP contribution in [0.15, 0.2) is 34.1 Å². The molecule has 1 amide bonds. The van der Waals surface area contributed by atoms with E-state index in [0.29, 0.717) is 9.92 Å². The lowest BCUT2D eigenvalue weighted by Crippen LogP contribution is -2.14. The zero-order valence-corrected chi connectivity index (χ0v) is 11.2. The molecule has 17 heavy (non-hydrogen) atoms. The summed E-state index contributed by atoms with van der Waals surface area (Å²) in [4.78, 5) is 11.8. The Morgan fingerprint density at radius 1 is 1.41 bits per heavy atom. The van der Waals surface area contributed by atoms with Crippen molar-refractivity contribution in [2.45, 2.75) is 6.92 Å². The minimum absolute atomic E-state index is 0.0291. The number of hydrogen-bond donors (Lipinski definition) is 2. The quantitative estimate of drug-likeness (QED) is 0.501. The highest BCUT2D eigenvalue weighted by molar-refractivity contribution is 8.15. The molecule has 5 heteroatoms. The number of amides is 1. The van der Waals surface area contributed by atoms with Gasteiger partial charge in [0.05, 0.1) is 4.24 Å². The molecule has 0 aliphatic carbocycles. The minimum Gasteiger partial charge on any atom is -0.321 e. The van der Waals surface area contributed by atoms with Gasteiger partial charge in [0.25, 0.3) is 5.91 Å². The van der Waals surface area contributed by atoms with E-state index in [4.69, 9.17) is 5.26 Å². The Morgan fingerprint density at radius 3 is 2.47 bits per heavy atom. The predicted molar refractivity (Wildman–Crippen MR) is 74.9 cm³/mol. The molecule has 0 unspecified atom stereocenters. The molecular weight excluding hydrogens is 252 g/mol. The molecule has 0 bridgehead atoms. The lowest BCUT2D eigenvalue weighted by Gasteiger charge is -2.05. The maximum atomic E-state index is 11.8. The van der Waals surface area contributed by atoms with Gasteiger partial charge >= 0.3 is 0 Å². The molecule has 0 radical (unpaired) electrons. The molecule has 1 aromatic rings. The van der Waals surface area contributed by atoms with E-state index >= 15 is 0 Å². The number of carbonyl (C=O) groups excluding carboxylic acids is 1. The Bertz CT molecular complexity index is 486. The smallest absolute Gasteiger partial charge is 0.268 e. The number of thiol groups is 1. The summed E-state index contributed by atoms with van der Waals surface area (Å²) in [6.07, 6.45) is 1.76. The molecule has 88 valence electrons. The van der Waals surface area contributed by atoms with Crippen LogP contribution in [-0.2, 0) is 4.79 Å². The zero-order chi connectivity index (χ0) is 12.8. The van der Waals surface area contributed by atoms with Crippen LogP contribution in [0.25, 0.3) is 0 Å². The molecule has 0 aliphatic heterocycles. The third kappa shape index (κ3) is 3.84. The van der Waals surface area contributed by atoms with Gasteiger partial charge in [0, 0.05) is 5.69 Å². The van der Waals surface area contributed by atoms with Gasteiger partial charge in [0.15, 0.2) is 0 Å². The summed E-state index contributed by atoms with van der Waals surface area (Å²) in [7, 11) is 0. The van der Waals surface area contributed by atoms with E-state index in [0.717, 1.165) is 5.56 Å². The van der Waals surface area contributed by atoms with Crippen LogP contribution in [-0.4, -0.2) is 12.2 Å². The van der Waals surface area contributed by atoms with Crippen molar-refractivity contribution in [3.63, 3.8) is 0 Å². The summed E-state index contributed by atoms with van der Waals surface area (Å²) in [5, 5.41) is 11.5. The van der Waals surface area contributed by atoms with Crippen LogP contribution in [0.1, 0.15) is 5.56 Å². The molecule has 0 aromatic heterocycles. The fraction of sp³-hybridized carbons (Fsp3) is 0.167. The second-order valence-corrected chi connectivity index (χ2v) is 4.88. The Balaban J connectivity index is 2.86. The van der Waals surface area contributed by atoms with Crippen molar-refractivity contribution >= 4 is 36.0 Å². The number of nitrogens with zero attached hydrogens (tertiary/aromatic N) is 1. The third-order valence-corrected chi connectivity index (χ3v) is 3.42. The Hall–Kier alpha value is -1.38. The van der Waals surface area contributed by atoms with Gasteiger partial charge in [-0.25, -0.2) is 0 Å². The molecule has 0 atom stereocenters. The normalized spacial score (nSPS) is 11.4. The first-order chi connectivity index (χ1) is 8.08. The average molecular weight is 264 g/mol. The van der Waals surface area contributed by atoms with Crippen LogP contribution in [0.3, 0.4) is 0 Å². The minimum atomic E-state index is -0.435. The number of thioether (sulfide) groups is 1. The molecule has 0 aliphatic rings. The first-order valence-electron chi connectivity index (χ1n) is 4.84. The molecular formula is C12H12N2OS2. The molecule has 3 nitrogen and oxygen atoms in total. The van der Waals surface area contributed by atoms with Crippen molar-refractivity contribution in [2.24, 2.45) is 0 Å². The molecule has 0 saturated heterocycles. The largest absolute Gasteiger partial charge is 0.321 e. The average Bonchev–Trinajstić information content (AvgIpc) is 2.32. The highest BCUT2D eigenvalue weighted by atomic mass is 32.2. The molecule has 0 spiro atoms. The molecule has 0 saturated carbocycles. The number of carbonyl (C=O) groups is 1. The van der Waals surface area contributed by atoms with E-state index in [1.165, 1.54) is 11.8 Å². The van der Waals surface area contributed by atoms with Gasteiger partial charge in [0.2, 0.25) is 0 Å². The van der Waals surface area contributed by atoms with Crippen molar-refractivity contribution in [1.82, 2.24) is 0 Å². The summed E-state index contributed by atoms with van der Waals surface area (Å²) in [6, 6.07) is 9.22. The molecule has 1 rings (SSSR count). The van der Waals surface area contributed by atoms with E-state index in [9.17, 15) is 4.79 Å². The van der Waals surface area contributed by atoms with E-state index in [2.05, 4.69) is 17.9 Å². The number of hydrogen-bond acceptors (Lipinski definition) is 4. The summed E-state index contributed by atoms with van der Waals surface area (Å²) in [5.74, 6) is -0.435. The summed E-state index contributed by atoms with van der Waals surface area (Å²) >= 11 is 5.35. The van der Waals surface area contributed by atoms with Gasteiger partial charge in [-0.1, -0.05) is 17.7 Å². The Morgan fingerprint density at radius 2 is 2.00 bits per heavy atom. The number of benzene rings is 1. The number of aryl methyl sites for hydroxylation is 1. The predicted octanol–water partition coefficient (Wildman–Crippen LogP) is 2.96. The van der Waals surface area contributed by atoms with Crippen LogP contribution in [0.4, 0.5) is 5.69 Å². The van der Waals surface area contributed by atoms with E-state index in [-0.39, 0.29) is 5.57 Å².